The first-order chi connectivity index (χ1) is 17.4. The first-order valence-corrected chi connectivity index (χ1v) is 12.7. The number of benzene rings is 1. The van der Waals surface area contributed by atoms with Gasteiger partial charge in [-0.3, -0.25) is 9.48 Å². The molecule has 1 aliphatic rings. The van der Waals surface area contributed by atoms with Gasteiger partial charge in [-0.2, -0.15) is 19.0 Å². The van der Waals surface area contributed by atoms with Gasteiger partial charge in [0.15, 0.2) is 5.65 Å². The number of likely N-dealkylation sites (tertiary alicyclic amines) is 1. The van der Waals surface area contributed by atoms with E-state index in [9.17, 15) is 13.6 Å². The van der Waals surface area contributed by atoms with Gasteiger partial charge < -0.3 is 15.0 Å². The summed E-state index contributed by atoms with van der Waals surface area (Å²) in [7, 11) is 2.07. The summed E-state index contributed by atoms with van der Waals surface area (Å²) in [5.41, 5.74) is 1.79. The van der Waals surface area contributed by atoms with Crippen LogP contribution in [0.4, 0.5) is 14.5 Å². The Morgan fingerprint density at radius 1 is 1.36 bits per heavy atom. The van der Waals surface area contributed by atoms with Gasteiger partial charge >= 0.3 is 6.61 Å². The maximum atomic E-state index is 13.3. The molecular weight excluding hydrogens is 488 g/mol. The normalized spacial score (nSPS) is 16.2. The van der Waals surface area contributed by atoms with Gasteiger partial charge in [0.25, 0.3) is 5.91 Å². The summed E-state index contributed by atoms with van der Waals surface area (Å²) in [6.45, 7) is -1.39. The minimum atomic E-state index is -3.00. The average Bonchev–Trinajstić information content (AvgIpc) is 3.58. The van der Waals surface area contributed by atoms with Crippen LogP contribution in [0, 0.1) is 0 Å². The van der Waals surface area contributed by atoms with E-state index in [4.69, 9.17) is 9.84 Å². The molecule has 0 spiro atoms. The molecule has 5 rings (SSSR count). The number of hydrogen-bond acceptors (Lipinski definition) is 7. The Morgan fingerprint density at radius 2 is 2.22 bits per heavy atom. The van der Waals surface area contributed by atoms with Gasteiger partial charge in [0.1, 0.15) is 17.0 Å². The molecular formula is C24H25F2N7O2S. The van der Waals surface area contributed by atoms with Crippen LogP contribution in [0.5, 0.6) is 5.75 Å². The number of anilines is 1. The van der Waals surface area contributed by atoms with E-state index in [1.54, 1.807) is 41.5 Å². The number of halogens is 2. The van der Waals surface area contributed by atoms with Crippen LogP contribution in [0.15, 0.2) is 53.9 Å². The van der Waals surface area contributed by atoms with Gasteiger partial charge in [-0.15, -0.1) is 11.8 Å². The van der Waals surface area contributed by atoms with Crippen molar-refractivity contribution in [2.45, 2.75) is 36.9 Å². The van der Waals surface area contributed by atoms with Crippen molar-refractivity contribution in [2.24, 2.45) is 0 Å². The molecule has 1 fully saturated rings. The molecule has 1 atom stereocenters. The Balaban J connectivity index is 1.55. The van der Waals surface area contributed by atoms with Crippen LogP contribution in [0.25, 0.3) is 16.9 Å². The summed E-state index contributed by atoms with van der Waals surface area (Å²) < 4.78 is 34.5. The van der Waals surface area contributed by atoms with Gasteiger partial charge in [0, 0.05) is 35.1 Å². The van der Waals surface area contributed by atoms with E-state index in [0.29, 0.717) is 35.2 Å². The zero-order valence-corrected chi connectivity index (χ0v) is 20.6. The second kappa shape index (κ2) is 10.2. The quantitative estimate of drug-likeness (QED) is 0.352. The molecule has 0 saturated carbocycles. The van der Waals surface area contributed by atoms with Gasteiger partial charge in [-0.1, -0.05) is 0 Å². The minimum Gasteiger partial charge on any atom is -0.434 e. The lowest BCUT2D eigenvalue weighted by atomic mass is 10.1. The molecule has 4 aromatic rings. The van der Waals surface area contributed by atoms with E-state index < -0.39 is 12.5 Å². The topological polar surface area (TPSA) is 89.6 Å². The first kappa shape index (κ1) is 24.2. The standard InChI is InChI=1S/C24H25F2N7O2S/c1-31-9-3-5-15(31)13-32-14-19(29-23(34)18-12-28-33-10-4-8-27-22(18)33)21(30-32)17-11-16(36-2)6-7-20(17)35-24(25)26/h4,6-8,10-12,14-15,24H,3,5,9,13H2,1-2H3,(H,29,34)/t15-/m1/s1. The minimum absolute atomic E-state index is 0.0146. The highest BCUT2D eigenvalue weighted by Gasteiger charge is 2.25. The van der Waals surface area contributed by atoms with Crippen molar-refractivity contribution in [3.8, 4) is 17.0 Å². The first-order valence-electron chi connectivity index (χ1n) is 11.4. The molecule has 0 aliphatic carbocycles. The van der Waals surface area contributed by atoms with Crippen LogP contribution in [0.1, 0.15) is 23.2 Å². The Morgan fingerprint density at radius 3 is 2.97 bits per heavy atom. The van der Waals surface area contributed by atoms with Crippen molar-refractivity contribution < 1.29 is 18.3 Å². The zero-order chi connectivity index (χ0) is 25.2. The van der Waals surface area contributed by atoms with Crippen LogP contribution in [-0.2, 0) is 6.54 Å². The predicted octanol–water partition coefficient (Wildman–Crippen LogP) is 4.26. The van der Waals surface area contributed by atoms with E-state index in [2.05, 4.69) is 27.3 Å². The molecule has 1 saturated heterocycles. The third-order valence-corrected chi connectivity index (χ3v) is 6.99. The molecule has 188 valence electrons. The molecule has 12 heteroatoms. The van der Waals surface area contributed by atoms with Crippen molar-refractivity contribution in [1.29, 1.82) is 0 Å². The lowest BCUT2D eigenvalue weighted by molar-refractivity contribution is -0.0494. The number of ether oxygens (including phenoxy) is 1. The third-order valence-electron chi connectivity index (χ3n) is 6.26. The summed E-state index contributed by atoms with van der Waals surface area (Å²) >= 11 is 1.47. The third kappa shape index (κ3) is 4.91. The number of amides is 1. The number of nitrogens with one attached hydrogen (secondary N) is 1. The second-order valence-corrected chi connectivity index (χ2v) is 9.41. The van der Waals surface area contributed by atoms with Gasteiger partial charge in [-0.25, -0.2) is 9.50 Å². The Hall–Kier alpha value is -3.51. The molecule has 36 heavy (non-hydrogen) atoms. The molecule has 0 unspecified atom stereocenters. The number of likely N-dealkylation sites (N-methyl/N-ethyl adjacent to an activating group) is 1. The number of aromatic nitrogens is 5. The molecule has 1 N–H and O–H groups in total. The number of thioether (sulfide) groups is 1. The predicted molar refractivity (Wildman–Crippen MR) is 133 cm³/mol. The Kier molecular flexibility index (Phi) is 6.88. The highest BCUT2D eigenvalue weighted by atomic mass is 32.2. The molecule has 1 amide bonds. The van der Waals surface area contributed by atoms with Crippen molar-refractivity contribution in [2.75, 3.05) is 25.2 Å². The summed E-state index contributed by atoms with van der Waals surface area (Å²) in [4.78, 5) is 20.6. The number of carbonyl (C=O) groups excluding carboxylic acids is 1. The Bertz CT molecular complexity index is 1390. The smallest absolute Gasteiger partial charge is 0.387 e. The molecule has 0 radical (unpaired) electrons. The Labute approximate surface area is 210 Å². The van der Waals surface area contributed by atoms with Crippen molar-refractivity contribution >= 4 is 29.0 Å². The van der Waals surface area contributed by atoms with Gasteiger partial charge in [-0.05, 0) is 57.0 Å². The zero-order valence-electron chi connectivity index (χ0n) is 19.8. The maximum absolute atomic E-state index is 13.3. The fourth-order valence-electron chi connectivity index (χ4n) is 4.43. The van der Waals surface area contributed by atoms with Crippen molar-refractivity contribution in [1.82, 2.24) is 29.3 Å². The second-order valence-electron chi connectivity index (χ2n) is 8.53. The summed E-state index contributed by atoms with van der Waals surface area (Å²) in [5.74, 6) is -0.445. The highest BCUT2D eigenvalue weighted by Crippen LogP contribution is 2.38. The lowest BCUT2D eigenvalue weighted by Gasteiger charge is -2.19. The molecule has 9 nitrogen and oxygen atoms in total. The summed E-state index contributed by atoms with van der Waals surface area (Å²) in [6.07, 6.45) is 10.5. The molecule has 1 aliphatic heterocycles. The SMILES string of the molecule is CSc1ccc(OC(F)F)c(-c2nn(C[C@H]3CCCN3C)cc2NC(=O)c2cnn3cccnc23)c1. The lowest BCUT2D eigenvalue weighted by Crippen LogP contribution is -2.29. The number of alkyl halides is 2. The summed E-state index contributed by atoms with van der Waals surface area (Å²) in [6, 6.07) is 6.95. The van der Waals surface area contributed by atoms with E-state index in [0.717, 1.165) is 24.3 Å². The van der Waals surface area contributed by atoms with Crippen molar-refractivity contribution in [3.05, 3.63) is 54.6 Å². The van der Waals surface area contributed by atoms with E-state index in [1.165, 1.54) is 28.5 Å². The average molecular weight is 514 g/mol. The van der Waals surface area contributed by atoms with Gasteiger partial charge in [0.2, 0.25) is 0 Å². The summed E-state index contributed by atoms with van der Waals surface area (Å²) in [5, 5.41) is 11.8. The van der Waals surface area contributed by atoms with E-state index in [-0.39, 0.29) is 11.3 Å². The number of rotatable bonds is 8. The molecule has 0 bridgehead atoms. The molecule has 1 aromatic carbocycles. The monoisotopic (exact) mass is 513 g/mol. The molecule has 3 aromatic heterocycles. The fourth-order valence-corrected chi connectivity index (χ4v) is 4.87. The van der Waals surface area contributed by atoms with Crippen LogP contribution >= 0.6 is 11.8 Å². The number of fused-ring (bicyclic) bond motifs is 1. The van der Waals surface area contributed by atoms with Crippen LogP contribution in [0.3, 0.4) is 0 Å². The highest BCUT2D eigenvalue weighted by molar-refractivity contribution is 7.98. The maximum Gasteiger partial charge on any atom is 0.387 e. The van der Waals surface area contributed by atoms with Crippen LogP contribution in [-0.4, -0.2) is 67.7 Å². The number of carbonyl (C=O) groups is 1. The van der Waals surface area contributed by atoms with E-state index >= 15 is 0 Å². The number of hydrogen-bond donors (Lipinski definition) is 1. The van der Waals surface area contributed by atoms with Crippen LogP contribution in [0.2, 0.25) is 0 Å². The molecule has 4 heterocycles. The van der Waals surface area contributed by atoms with E-state index in [1.807, 2.05) is 6.26 Å². The largest absolute Gasteiger partial charge is 0.434 e. The van der Waals surface area contributed by atoms with Crippen LogP contribution < -0.4 is 10.1 Å². The number of nitrogens with zero attached hydrogens (tertiary/aromatic N) is 6. The van der Waals surface area contributed by atoms with Crippen molar-refractivity contribution in [3.63, 3.8) is 0 Å². The fraction of sp³-hybridized carbons (Fsp3) is 0.333. The van der Waals surface area contributed by atoms with Gasteiger partial charge in [0.05, 0.1) is 18.4 Å².